The highest BCUT2D eigenvalue weighted by molar-refractivity contribution is 7.13. The van der Waals surface area contributed by atoms with Gasteiger partial charge in [0, 0.05) is 31.7 Å². The molecule has 0 saturated carbocycles. The van der Waals surface area contributed by atoms with Gasteiger partial charge in [-0.2, -0.15) is 10.1 Å². The first kappa shape index (κ1) is 19.6. The highest BCUT2D eigenvalue weighted by atomic mass is 32.1. The van der Waals surface area contributed by atoms with E-state index in [9.17, 15) is 4.79 Å². The fourth-order valence-corrected chi connectivity index (χ4v) is 4.21. The zero-order valence-electron chi connectivity index (χ0n) is 16.8. The molecule has 0 N–H and O–H groups in total. The Labute approximate surface area is 182 Å². The van der Waals surface area contributed by atoms with E-state index in [-0.39, 0.29) is 5.91 Å². The number of benzene rings is 1. The molecule has 0 bridgehead atoms. The fourth-order valence-electron chi connectivity index (χ4n) is 3.56. The van der Waals surface area contributed by atoms with Crippen LogP contribution in [0.15, 0.2) is 59.0 Å². The van der Waals surface area contributed by atoms with Crippen LogP contribution in [0.1, 0.15) is 21.8 Å². The number of hydrogen-bond acceptors (Lipinski definition) is 8. The second kappa shape index (κ2) is 8.78. The summed E-state index contributed by atoms with van der Waals surface area (Å²) in [6.07, 6.45) is 3.19. The Bertz CT molecular complexity index is 1120. The van der Waals surface area contributed by atoms with Crippen LogP contribution in [-0.4, -0.2) is 66.8 Å². The molecule has 10 heteroatoms. The summed E-state index contributed by atoms with van der Waals surface area (Å²) in [7, 11) is 0. The number of thiophene rings is 1. The molecule has 158 valence electrons. The van der Waals surface area contributed by atoms with Gasteiger partial charge in [0.25, 0.3) is 5.91 Å². The number of piperazine rings is 1. The lowest BCUT2D eigenvalue weighted by Crippen LogP contribution is -2.48. The molecule has 3 aromatic heterocycles. The topological polar surface area (TPSA) is 93.2 Å². The molecule has 9 nitrogen and oxygen atoms in total. The average Bonchev–Trinajstić information content (AvgIpc) is 3.57. The van der Waals surface area contributed by atoms with Crippen molar-refractivity contribution in [2.24, 2.45) is 0 Å². The van der Waals surface area contributed by atoms with Gasteiger partial charge in [0.15, 0.2) is 0 Å². The maximum absolute atomic E-state index is 12.9. The molecule has 1 aliphatic rings. The molecular formula is C21H21N7O2S. The number of carbonyl (C=O) groups excluding carboxylic acids is 1. The number of rotatable bonds is 6. The summed E-state index contributed by atoms with van der Waals surface area (Å²) >= 11 is 1.59. The van der Waals surface area contributed by atoms with Gasteiger partial charge in [0.05, 0.1) is 18.0 Å². The van der Waals surface area contributed by atoms with E-state index in [2.05, 4.69) is 25.1 Å². The van der Waals surface area contributed by atoms with Gasteiger partial charge in [-0.15, -0.1) is 11.3 Å². The Kier molecular flexibility index (Phi) is 5.55. The first-order chi connectivity index (χ1) is 15.2. The summed E-state index contributed by atoms with van der Waals surface area (Å²) in [6.45, 7) is 4.12. The predicted molar refractivity (Wildman–Crippen MR) is 114 cm³/mol. The third-order valence-corrected chi connectivity index (χ3v) is 6.11. The van der Waals surface area contributed by atoms with Gasteiger partial charge in [-0.1, -0.05) is 23.4 Å². The molecule has 0 radical (unpaired) electrons. The smallest absolute Gasteiger partial charge is 0.253 e. The van der Waals surface area contributed by atoms with E-state index in [0.29, 0.717) is 43.5 Å². The van der Waals surface area contributed by atoms with Crippen molar-refractivity contribution in [2.45, 2.75) is 13.1 Å². The minimum atomic E-state index is 0.0599. The Morgan fingerprint density at radius 1 is 1.06 bits per heavy atom. The van der Waals surface area contributed by atoms with Crippen molar-refractivity contribution < 1.29 is 9.32 Å². The lowest BCUT2D eigenvalue weighted by Gasteiger charge is -2.34. The quantitative estimate of drug-likeness (QED) is 0.459. The molecule has 1 aliphatic heterocycles. The fraction of sp³-hybridized carbons (Fsp3) is 0.286. The van der Waals surface area contributed by atoms with Gasteiger partial charge in [-0.3, -0.25) is 9.69 Å². The highest BCUT2D eigenvalue weighted by Crippen LogP contribution is 2.22. The van der Waals surface area contributed by atoms with Crippen LogP contribution in [0.25, 0.3) is 10.7 Å². The molecule has 0 aliphatic carbocycles. The molecule has 31 heavy (non-hydrogen) atoms. The number of nitrogens with zero attached hydrogens (tertiary/aromatic N) is 7. The zero-order chi connectivity index (χ0) is 21.0. The monoisotopic (exact) mass is 435 g/mol. The van der Waals surface area contributed by atoms with E-state index in [1.165, 1.54) is 6.33 Å². The molecule has 1 fully saturated rings. The third-order valence-electron chi connectivity index (χ3n) is 5.24. The van der Waals surface area contributed by atoms with Crippen LogP contribution in [0.4, 0.5) is 0 Å². The molecule has 4 heterocycles. The van der Waals surface area contributed by atoms with E-state index in [0.717, 1.165) is 23.5 Å². The van der Waals surface area contributed by atoms with Gasteiger partial charge in [-0.25, -0.2) is 9.67 Å². The van der Waals surface area contributed by atoms with Crippen LogP contribution < -0.4 is 0 Å². The van der Waals surface area contributed by atoms with Crippen LogP contribution in [0, 0.1) is 0 Å². The number of carbonyl (C=O) groups is 1. The Balaban J connectivity index is 1.13. The molecule has 0 spiro atoms. The summed E-state index contributed by atoms with van der Waals surface area (Å²) in [5, 5.41) is 10.2. The van der Waals surface area contributed by atoms with Crippen molar-refractivity contribution in [3.63, 3.8) is 0 Å². The van der Waals surface area contributed by atoms with Crippen LogP contribution in [0.5, 0.6) is 0 Å². The second-order valence-corrected chi connectivity index (χ2v) is 8.30. The van der Waals surface area contributed by atoms with Gasteiger partial charge >= 0.3 is 0 Å². The van der Waals surface area contributed by atoms with Gasteiger partial charge in [-0.05, 0) is 29.1 Å². The Morgan fingerprint density at radius 2 is 1.90 bits per heavy atom. The van der Waals surface area contributed by atoms with Crippen molar-refractivity contribution >= 4 is 17.2 Å². The van der Waals surface area contributed by atoms with Crippen LogP contribution >= 0.6 is 11.3 Å². The van der Waals surface area contributed by atoms with Gasteiger partial charge in [0.1, 0.15) is 12.7 Å². The maximum atomic E-state index is 12.9. The first-order valence-corrected chi connectivity index (χ1v) is 10.9. The van der Waals surface area contributed by atoms with Crippen LogP contribution in [0.2, 0.25) is 0 Å². The summed E-state index contributed by atoms with van der Waals surface area (Å²) < 4.78 is 7.15. The summed E-state index contributed by atoms with van der Waals surface area (Å²) in [6, 6.07) is 11.6. The molecule has 4 aromatic rings. The van der Waals surface area contributed by atoms with Crippen molar-refractivity contribution in [3.05, 3.63) is 71.5 Å². The highest BCUT2D eigenvalue weighted by Gasteiger charge is 2.23. The summed E-state index contributed by atoms with van der Waals surface area (Å²) in [5.74, 6) is 1.29. The molecule has 1 amide bonds. The standard InChI is InChI=1S/C21H21N7O2S/c29-21(17-5-3-16(4-6-17)12-28-15-22-14-23-28)27-9-7-26(8-10-27)13-19-24-20(25-30-19)18-2-1-11-31-18/h1-6,11,14-15H,7-10,12-13H2. The molecule has 0 unspecified atom stereocenters. The van der Waals surface area contributed by atoms with Crippen molar-refractivity contribution in [2.75, 3.05) is 26.2 Å². The largest absolute Gasteiger partial charge is 0.338 e. The minimum Gasteiger partial charge on any atom is -0.338 e. The zero-order valence-corrected chi connectivity index (χ0v) is 17.6. The maximum Gasteiger partial charge on any atom is 0.253 e. The number of hydrogen-bond donors (Lipinski definition) is 0. The Hall–Kier alpha value is -3.37. The SMILES string of the molecule is O=C(c1ccc(Cn2cncn2)cc1)N1CCN(Cc2nc(-c3cccs3)no2)CC1. The molecular weight excluding hydrogens is 414 g/mol. The number of aromatic nitrogens is 5. The third kappa shape index (κ3) is 4.54. The summed E-state index contributed by atoms with van der Waals surface area (Å²) in [4.78, 5) is 26.4. The van der Waals surface area contributed by atoms with Crippen LogP contribution in [0.3, 0.4) is 0 Å². The molecule has 0 atom stereocenters. The number of amides is 1. The summed E-state index contributed by atoms with van der Waals surface area (Å²) in [5.41, 5.74) is 1.78. The van der Waals surface area contributed by atoms with Gasteiger partial charge in [0.2, 0.25) is 11.7 Å². The van der Waals surface area contributed by atoms with Gasteiger partial charge < -0.3 is 9.42 Å². The van der Waals surface area contributed by atoms with E-state index in [1.54, 1.807) is 22.3 Å². The minimum absolute atomic E-state index is 0.0599. The first-order valence-electron chi connectivity index (χ1n) is 10.0. The Morgan fingerprint density at radius 3 is 2.61 bits per heavy atom. The van der Waals surface area contributed by atoms with E-state index in [4.69, 9.17) is 4.52 Å². The van der Waals surface area contributed by atoms with Crippen molar-refractivity contribution in [1.29, 1.82) is 0 Å². The molecule has 1 saturated heterocycles. The lowest BCUT2D eigenvalue weighted by molar-refractivity contribution is 0.0615. The van der Waals surface area contributed by atoms with E-state index < -0.39 is 0 Å². The predicted octanol–water partition coefficient (Wildman–Crippen LogP) is 2.40. The van der Waals surface area contributed by atoms with E-state index >= 15 is 0 Å². The lowest BCUT2D eigenvalue weighted by atomic mass is 10.1. The van der Waals surface area contributed by atoms with Crippen molar-refractivity contribution in [1.82, 2.24) is 34.7 Å². The normalized spacial score (nSPS) is 14.8. The second-order valence-electron chi connectivity index (χ2n) is 7.35. The molecule has 1 aromatic carbocycles. The average molecular weight is 436 g/mol. The van der Waals surface area contributed by atoms with Crippen LogP contribution in [-0.2, 0) is 13.1 Å². The van der Waals surface area contributed by atoms with Crippen molar-refractivity contribution in [3.8, 4) is 10.7 Å². The van der Waals surface area contributed by atoms with E-state index in [1.807, 2.05) is 46.7 Å². The molecule has 5 rings (SSSR count).